The fourth-order valence-electron chi connectivity index (χ4n) is 3.68. The lowest BCUT2D eigenvalue weighted by molar-refractivity contribution is -0.122. The monoisotopic (exact) mass is 374 g/mol. The molecule has 2 N–H and O–H groups in total. The SMILES string of the molecule is N#Cc1cnc2c(C3CCC(F)(F)CC3)cc(C3CNC(=O)NC3=O)nn12. The summed E-state index contributed by atoms with van der Waals surface area (Å²) in [5, 5.41) is 18.4. The molecule has 3 amide bonds. The Labute approximate surface area is 152 Å². The average molecular weight is 374 g/mol. The molecule has 10 heteroatoms. The first-order valence-electron chi connectivity index (χ1n) is 8.63. The molecule has 1 aliphatic heterocycles. The number of amides is 3. The van der Waals surface area contributed by atoms with E-state index < -0.39 is 23.8 Å². The number of nitriles is 1. The molecule has 0 spiro atoms. The number of halogens is 2. The molecule has 1 saturated heterocycles. The lowest BCUT2D eigenvalue weighted by atomic mass is 9.82. The molecule has 2 aromatic heterocycles. The zero-order valence-corrected chi connectivity index (χ0v) is 14.2. The average Bonchev–Trinajstić information content (AvgIpc) is 3.04. The van der Waals surface area contributed by atoms with Gasteiger partial charge < -0.3 is 5.32 Å². The minimum atomic E-state index is -2.66. The van der Waals surface area contributed by atoms with Crippen molar-refractivity contribution in [2.75, 3.05) is 6.54 Å². The van der Waals surface area contributed by atoms with Gasteiger partial charge in [0.25, 0.3) is 0 Å². The molecule has 0 bridgehead atoms. The van der Waals surface area contributed by atoms with Gasteiger partial charge in [-0.15, -0.1) is 0 Å². The summed E-state index contributed by atoms with van der Waals surface area (Å²) in [6, 6.07) is 3.11. The molecule has 1 atom stereocenters. The quantitative estimate of drug-likeness (QED) is 0.833. The van der Waals surface area contributed by atoms with E-state index in [0.29, 0.717) is 16.9 Å². The number of imide groups is 1. The van der Waals surface area contributed by atoms with Crippen LogP contribution in [0.2, 0.25) is 0 Å². The maximum absolute atomic E-state index is 13.6. The van der Waals surface area contributed by atoms with Crippen LogP contribution in [0.25, 0.3) is 5.65 Å². The number of hydrogen-bond acceptors (Lipinski definition) is 5. The van der Waals surface area contributed by atoms with E-state index in [1.165, 1.54) is 10.7 Å². The first-order valence-corrected chi connectivity index (χ1v) is 8.63. The van der Waals surface area contributed by atoms with Crippen molar-refractivity contribution in [3.05, 3.63) is 29.2 Å². The molecule has 1 aliphatic carbocycles. The highest BCUT2D eigenvalue weighted by molar-refractivity contribution is 6.00. The van der Waals surface area contributed by atoms with Crippen LogP contribution in [0.1, 0.15) is 54.5 Å². The van der Waals surface area contributed by atoms with Crippen molar-refractivity contribution < 1.29 is 18.4 Å². The molecule has 8 nitrogen and oxygen atoms in total. The summed E-state index contributed by atoms with van der Waals surface area (Å²) in [7, 11) is 0. The van der Waals surface area contributed by atoms with Crippen LogP contribution >= 0.6 is 0 Å². The summed E-state index contributed by atoms with van der Waals surface area (Å²) in [6.45, 7) is 0.0714. The summed E-state index contributed by atoms with van der Waals surface area (Å²) in [6.07, 6.45) is 1.51. The van der Waals surface area contributed by atoms with Crippen LogP contribution in [-0.4, -0.2) is 39.0 Å². The van der Waals surface area contributed by atoms with Gasteiger partial charge >= 0.3 is 6.03 Å². The van der Waals surface area contributed by atoms with E-state index in [1.54, 1.807) is 6.07 Å². The van der Waals surface area contributed by atoms with Gasteiger partial charge in [0.2, 0.25) is 11.8 Å². The number of nitrogens with zero attached hydrogens (tertiary/aromatic N) is 4. The number of hydrogen-bond donors (Lipinski definition) is 2. The second-order valence-electron chi connectivity index (χ2n) is 6.90. The van der Waals surface area contributed by atoms with Crippen LogP contribution in [0.5, 0.6) is 0 Å². The lowest BCUT2D eigenvalue weighted by Crippen LogP contribution is -2.51. The van der Waals surface area contributed by atoms with Gasteiger partial charge in [0.1, 0.15) is 6.07 Å². The largest absolute Gasteiger partial charge is 0.337 e. The fraction of sp³-hybridized carbons (Fsp3) is 0.471. The molecule has 0 radical (unpaired) electrons. The van der Waals surface area contributed by atoms with E-state index in [4.69, 9.17) is 0 Å². The molecule has 3 heterocycles. The van der Waals surface area contributed by atoms with E-state index in [0.717, 1.165) is 0 Å². The molecule has 1 unspecified atom stereocenters. The van der Waals surface area contributed by atoms with Gasteiger partial charge in [0, 0.05) is 24.9 Å². The topological polar surface area (TPSA) is 112 Å². The molecule has 2 aliphatic rings. The number of fused-ring (bicyclic) bond motifs is 1. The van der Waals surface area contributed by atoms with E-state index in [1.807, 2.05) is 6.07 Å². The molecule has 4 rings (SSSR count). The maximum atomic E-state index is 13.6. The van der Waals surface area contributed by atoms with Crippen molar-refractivity contribution in [2.45, 2.75) is 43.4 Å². The van der Waals surface area contributed by atoms with E-state index in [-0.39, 0.29) is 43.8 Å². The van der Waals surface area contributed by atoms with Crippen LogP contribution in [-0.2, 0) is 4.79 Å². The third-order valence-corrected chi connectivity index (χ3v) is 5.16. The Kier molecular flexibility index (Phi) is 4.02. The number of nitrogens with one attached hydrogen (secondary N) is 2. The second-order valence-corrected chi connectivity index (χ2v) is 6.90. The van der Waals surface area contributed by atoms with Crippen molar-refractivity contribution >= 4 is 17.6 Å². The van der Waals surface area contributed by atoms with Gasteiger partial charge in [-0.1, -0.05) is 0 Å². The Bertz CT molecular complexity index is 970. The highest BCUT2D eigenvalue weighted by Gasteiger charge is 2.37. The molecular weight excluding hydrogens is 358 g/mol. The zero-order valence-electron chi connectivity index (χ0n) is 14.2. The fourth-order valence-corrected chi connectivity index (χ4v) is 3.68. The molecule has 0 aromatic carbocycles. The summed E-state index contributed by atoms with van der Waals surface area (Å²) < 4.78 is 28.5. The first-order chi connectivity index (χ1) is 12.9. The number of carbonyl (C=O) groups is 2. The van der Waals surface area contributed by atoms with Gasteiger partial charge in [-0.2, -0.15) is 10.4 Å². The smallest absolute Gasteiger partial charge is 0.321 e. The Morgan fingerprint density at radius 2 is 2.04 bits per heavy atom. The molecule has 1 saturated carbocycles. The van der Waals surface area contributed by atoms with Crippen molar-refractivity contribution in [1.82, 2.24) is 25.2 Å². The highest BCUT2D eigenvalue weighted by Crippen LogP contribution is 2.42. The molecule has 2 fully saturated rings. The molecule has 140 valence electrons. The standard InChI is InChI=1S/C17H16F2N6O2/c18-17(19)3-1-9(2-4-17)11-5-13(12-8-22-16(27)23-15(12)26)24-25-10(6-20)7-21-14(11)25/h5,7,9,12H,1-4,8H2,(H2,22,23,26,27). The Morgan fingerprint density at radius 3 is 2.70 bits per heavy atom. The molecular formula is C17H16F2N6O2. The zero-order chi connectivity index (χ0) is 19.2. The van der Waals surface area contributed by atoms with Crippen LogP contribution in [0.15, 0.2) is 12.3 Å². The Hall–Kier alpha value is -3.09. The number of rotatable bonds is 2. The predicted molar refractivity (Wildman–Crippen MR) is 88.1 cm³/mol. The number of carbonyl (C=O) groups excluding carboxylic acids is 2. The minimum Gasteiger partial charge on any atom is -0.337 e. The number of aromatic nitrogens is 3. The van der Waals surface area contributed by atoms with Gasteiger partial charge in [0.05, 0.1) is 17.8 Å². The second kappa shape index (κ2) is 6.26. The Balaban J connectivity index is 1.78. The van der Waals surface area contributed by atoms with Crippen LogP contribution in [0.3, 0.4) is 0 Å². The molecule has 27 heavy (non-hydrogen) atoms. The Morgan fingerprint density at radius 1 is 1.30 bits per heavy atom. The van der Waals surface area contributed by atoms with Crippen molar-refractivity contribution in [3.8, 4) is 6.07 Å². The molecule has 2 aromatic rings. The summed E-state index contributed by atoms with van der Waals surface area (Å²) >= 11 is 0. The number of urea groups is 1. The third kappa shape index (κ3) is 3.09. The summed E-state index contributed by atoms with van der Waals surface area (Å²) in [5.74, 6) is -4.05. The predicted octanol–water partition coefficient (Wildman–Crippen LogP) is 1.82. The van der Waals surface area contributed by atoms with E-state index in [9.17, 15) is 23.6 Å². The highest BCUT2D eigenvalue weighted by atomic mass is 19.3. The van der Waals surface area contributed by atoms with Crippen molar-refractivity contribution in [3.63, 3.8) is 0 Å². The van der Waals surface area contributed by atoms with Gasteiger partial charge in [0.15, 0.2) is 11.3 Å². The van der Waals surface area contributed by atoms with Crippen molar-refractivity contribution in [1.29, 1.82) is 5.26 Å². The van der Waals surface area contributed by atoms with Crippen LogP contribution < -0.4 is 10.6 Å². The number of imidazole rings is 1. The number of alkyl halides is 2. The lowest BCUT2D eigenvalue weighted by Gasteiger charge is -2.29. The van der Waals surface area contributed by atoms with E-state index >= 15 is 0 Å². The van der Waals surface area contributed by atoms with Gasteiger partial charge in [-0.3, -0.25) is 10.1 Å². The van der Waals surface area contributed by atoms with Gasteiger partial charge in [-0.25, -0.2) is 23.1 Å². The van der Waals surface area contributed by atoms with Gasteiger partial charge in [-0.05, 0) is 24.8 Å². The summed E-state index contributed by atoms with van der Waals surface area (Å²) in [4.78, 5) is 27.7. The first kappa shape index (κ1) is 17.3. The summed E-state index contributed by atoms with van der Waals surface area (Å²) in [5.41, 5.74) is 1.68. The maximum Gasteiger partial charge on any atom is 0.321 e. The van der Waals surface area contributed by atoms with E-state index in [2.05, 4.69) is 20.7 Å². The minimum absolute atomic E-state index is 0.0714. The van der Waals surface area contributed by atoms with Crippen LogP contribution in [0, 0.1) is 11.3 Å². The van der Waals surface area contributed by atoms with Crippen LogP contribution in [0.4, 0.5) is 13.6 Å². The van der Waals surface area contributed by atoms with Crippen molar-refractivity contribution in [2.24, 2.45) is 0 Å². The normalized spacial score (nSPS) is 22.9. The third-order valence-electron chi connectivity index (χ3n) is 5.16.